The Morgan fingerprint density at radius 2 is 1.42 bits per heavy atom. The molecular formula is C22H28O4. The fourth-order valence-electron chi connectivity index (χ4n) is 2.74. The van der Waals surface area contributed by atoms with Crippen LogP contribution < -0.4 is 9.47 Å². The van der Waals surface area contributed by atoms with E-state index in [-0.39, 0.29) is 11.4 Å². The van der Waals surface area contributed by atoms with Crippen molar-refractivity contribution in [1.82, 2.24) is 0 Å². The van der Waals surface area contributed by atoms with Crippen LogP contribution in [0.2, 0.25) is 0 Å². The van der Waals surface area contributed by atoms with E-state index in [0.29, 0.717) is 18.8 Å². The number of carbonyl (C=O) groups is 1. The fourth-order valence-corrected chi connectivity index (χ4v) is 2.74. The summed E-state index contributed by atoms with van der Waals surface area (Å²) in [5.74, 6) is 1.22. The second kappa shape index (κ2) is 8.26. The molecule has 4 nitrogen and oxygen atoms in total. The molecule has 0 unspecified atom stereocenters. The maximum atomic E-state index is 11.7. The maximum Gasteiger partial charge on any atom is 0.337 e. The highest BCUT2D eigenvalue weighted by Gasteiger charge is 2.21. The minimum Gasteiger partial charge on any atom is -0.493 e. The van der Waals surface area contributed by atoms with Gasteiger partial charge >= 0.3 is 5.97 Å². The van der Waals surface area contributed by atoms with Gasteiger partial charge < -0.3 is 14.2 Å². The zero-order valence-electron chi connectivity index (χ0n) is 16.5. The Morgan fingerprint density at radius 3 is 1.81 bits per heavy atom. The predicted molar refractivity (Wildman–Crippen MR) is 104 cm³/mol. The number of carbonyl (C=O) groups excluding carboxylic acids is 1. The highest BCUT2D eigenvalue weighted by molar-refractivity contribution is 5.90. The molecular weight excluding hydrogens is 328 g/mol. The third-order valence-electron chi connectivity index (χ3n) is 4.13. The molecule has 0 heterocycles. The third-order valence-corrected chi connectivity index (χ3v) is 4.13. The average molecular weight is 356 g/mol. The number of ether oxygens (including phenoxy) is 3. The van der Waals surface area contributed by atoms with Crippen LogP contribution in [0, 0.1) is 0 Å². The van der Waals surface area contributed by atoms with Crippen molar-refractivity contribution >= 4 is 5.97 Å². The van der Waals surface area contributed by atoms with Gasteiger partial charge in [-0.3, -0.25) is 0 Å². The quantitative estimate of drug-likeness (QED) is 0.664. The Morgan fingerprint density at radius 1 is 0.923 bits per heavy atom. The molecule has 0 spiro atoms. The Kier molecular flexibility index (Phi) is 6.30. The molecule has 2 aromatic rings. The Balaban J connectivity index is 2.62. The van der Waals surface area contributed by atoms with E-state index in [4.69, 9.17) is 14.2 Å². The number of hydrogen-bond donors (Lipinski definition) is 0. The molecule has 0 radical (unpaired) electrons. The average Bonchev–Trinajstić information content (AvgIpc) is 2.61. The van der Waals surface area contributed by atoms with E-state index in [1.54, 1.807) is 12.1 Å². The summed E-state index contributed by atoms with van der Waals surface area (Å²) in [6.07, 6.45) is 0. The maximum absolute atomic E-state index is 11.7. The first-order chi connectivity index (χ1) is 12.3. The largest absolute Gasteiger partial charge is 0.493 e. The molecule has 0 aromatic heterocycles. The molecule has 0 atom stereocenters. The second-order valence-electron chi connectivity index (χ2n) is 7.03. The van der Waals surface area contributed by atoms with Crippen LogP contribution in [0.15, 0.2) is 36.4 Å². The van der Waals surface area contributed by atoms with Crippen LogP contribution in [0.25, 0.3) is 11.1 Å². The third kappa shape index (κ3) is 4.37. The topological polar surface area (TPSA) is 44.8 Å². The van der Waals surface area contributed by atoms with Crippen LogP contribution in [-0.4, -0.2) is 26.3 Å². The molecule has 26 heavy (non-hydrogen) atoms. The van der Waals surface area contributed by atoms with Gasteiger partial charge in [0, 0.05) is 0 Å². The second-order valence-corrected chi connectivity index (χ2v) is 7.03. The van der Waals surface area contributed by atoms with Gasteiger partial charge in [-0.05, 0) is 54.7 Å². The first kappa shape index (κ1) is 19.8. The van der Waals surface area contributed by atoms with Gasteiger partial charge in [-0.1, -0.05) is 32.9 Å². The van der Waals surface area contributed by atoms with E-state index >= 15 is 0 Å². The van der Waals surface area contributed by atoms with Crippen molar-refractivity contribution in [3.8, 4) is 22.6 Å². The van der Waals surface area contributed by atoms with Crippen molar-refractivity contribution < 1.29 is 19.0 Å². The van der Waals surface area contributed by atoms with E-state index in [0.717, 1.165) is 28.2 Å². The van der Waals surface area contributed by atoms with E-state index in [1.807, 2.05) is 26.0 Å². The summed E-state index contributed by atoms with van der Waals surface area (Å²) in [5.41, 5.74) is 3.48. The lowest BCUT2D eigenvalue weighted by atomic mass is 9.85. The van der Waals surface area contributed by atoms with Gasteiger partial charge in [0.2, 0.25) is 0 Å². The first-order valence-electron chi connectivity index (χ1n) is 8.94. The minimum atomic E-state index is -0.352. The van der Waals surface area contributed by atoms with Crippen molar-refractivity contribution in [2.24, 2.45) is 0 Å². The van der Waals surface area contributed by atoms with E-state index in [2.05, 4.69) is 32.9 Å². The zero-order valence-corrected chi connectivity index (χ0v) is 16.5. The lowest BCUT2D eigenvalue weighted by molar-refractivity contribution is 0.0601. The van der Waals surface area contributed by atoms with Crippen molar-refractivity contribution in [1.29, 1.82) is 0 Å². The molecule has 0 fully saturated rings. The fraction of sp³-hybridized carbons (Fsp3) is 0.409. The number of benzene rings is 2. The molecule has 0 aliphatic heterocycles. The highest BCUT2D eigenvalue weighted by Crippen LogP contribution is 2.42. The molecule has 0 aliphatic rings. The van der Waals surface area contributed by atoms with Gasteiger partial charge in [0.1, 0.15) is 11.5 Å². The van der Waals surface area contributed by atoms with Gasteiger partial charge in [0.15, 0.2) is 0 Å². The van der Waals surface area contributed by atoms with Gasteiger partial charge in [-0.15, -0.1) is 0 Å². The molecule has 2 rings (SSSR count). The molecule has 0 amide bonds. The molecule has 0 saturated heterocycles. The van der Waals surface area contributed by atoms with E-state index < -0.39 is 0 Å². The summed E-state index contributed by atoms with van der Waals surface area (Å²) < 4.78 is 16.7. The van der Waals surface area contributed by atoms with Crippen LogP contribution in [0.3, 0.4) is 0 Å². The van der Waals surface area contributed by atoms with E-state index in [9.17, 15) is 4.79 Å². The molecule has 0 aliphatic carbocycles. The molecule has 0 saturated carbocycles. The molecule has 2 aromatic carbocycles. The van der Waals surface area contributed by atoms with Gasteiger partial charge in [-0.25, -0.2) is 4.79 Å². The normalized spacial score (nSPS) is 11.2. The highest BCUT2D eigenvalue weighted by atomic mass is 16.5. The SMILES string of the molecule is CCOc1cc(C(C)(C)C)cc(OCC)c1-c1ccc(C(=O)OC)cc1. The zero-order chi connectivity index (χ0) is 19.3. The predicted octanol–water partition coefficient (Wildman–Crippen LogP) is 5.24. The summed E-state index contributed by atoms with van der Waals surface area (Å²) >= 11 is 0. The van der Waals surface area contributed by atoms with Crippen LogP contribution in [0.1, 0.15) is 50.5 Å². The summed E-state index contributed by atoms with van der Waals surface area (Å²) in [7, 11) is 1.38. The van der Waals surface area contributed by atoms with Crippen molar-refractivity contribution in [2.75, 3.05) is 20.3 Å². The Bertz CT molecular complexity index is 728. The van der Waals surface area contributed by atoms with Gasteiger partial charge in [-0.2, -0.15) is 0 Å². The van der Waals surface area contributed by atoms with Gasteiger partial charge in [0.05, 0.1) is 31.5 Å². The van der Waals surface area contributed by atoms with Crippen LogP contribution in [-0.2, 0) is 10.2 Å². The Hall–Kier alpha value is -2.49. The summed E-state index contributed by atoms with van der Waals surface area (Å²) in [6, 6.07) is 11.5. The number of methoxy groups -OCH3 is 1. The Labute approximate surface area is 156 Å². The summed E-state index contributed by atoms with van der Waals surface area (Å²) in [5, 5.41) is 0. The standard InChI is InChI=1S/C22H28O4/c1-7-25-18-13-17(22(3,4)5)14-19(26-8-2)20(18)15-9-11-16(12-10-15)21(23)24-6/h9-14H,7-8H2,1-6H3. The van der Waals surface area contributed by atoms with Crippen molar-refractivity contribution in [3.63, 3.8) is 0 Å². The lowest BCUT2D eigenvalue weighted by Crippen LogP contribution is -2.12. The molecule has 4 heteroatoms. The van der Waals surface area contributed by atoms with Crippen LogP contribution in [0.4, 0.5) is 0 Å². The number of rotatable bonds is 6. The number of hydrogen-bond acceptors (Lipinski definition) is 4. The monoisotopic (exact) mass is 356 g/mol. The van der Waals surface area contributed by atoms with Crippen LogP contribution in [0.5, 0.6) is 11.5 Å². The van der Waals surface area contributed by atoms with Gasteiger partial charge in [0.25, 0.3) is 0 Å². The number of esters is 1. The lowest BCUT2D eigenvalue weighted by Gasteiger charge is -2.24. The minimum absolute atomic E-state index is 0.0228. The molecule has 140 valence electrons. The first-order valence-corrected chi connectivity index (χ1v) is 8.94. The van der Waals surface area contributed by atoms with Crippen molar-refractivity contribution in [3.05, 3.63) is 47.5 Å². The van der Waals surface area contributed by atoms with Crippen LogP contribution >= 0.6 is 0 Å². The van der Waals surface area contributed by atoms with Crippen molar-refractivity contribution in [2.45, 2.75) is 40.0 Å². The molecule has 0 N–H and O–H groups in total. The summed E-state index contributed by atoms with van der Waals surface area (Å²) in [4.78, 5) is 11.7. The molecule has 0 bridgehead atoms. The van der Waals surface area contributed by atoms with E-state index in [1.165, 1.54) is 7.11 Å². The summed E-state index contributed by atoms with van der Waals surface area (Å²) in [6.45, 7) is 11.6. The smallest absolute Gasteiger partial charge is 0.337 e.